The van der Waals surface area contributed by atoms with Gasteiger partial charge in [-0.2, -0.15) is 0 Å². The molecule has 0 saturated heterocycles. The molecule has 0 saturated carbocycles. The van der Waals surface area contributed by atoms with Gasteiger partial charge < -0.3 is 15.8 Å². The Morgan fingerprint density at radius 2 is 2.26 bits per heavy atom. The molecule has 4 nitrogen and oxygen atoms in total. The van der Waals surface area contributed by atoms with E-state index in [1.54, 1.807) is 6.07 Å². The van der Waals surface area contributed by atoms with Gasteiger partial charge in [0.1, 0.15) is 5.75 Å². The van der Waals surface area contributed by atoms with Gasteiger partial charge in [-0.1, -0.05) is 37.1 Å². The van der Waals surface area contributed by atoms with E-state index in [1.165, 1.54) is 0 Å². The molecule has 1 rings (SSSR count). The number of halogens is 1. The molecule has 5 heteroatoms. The summed E-state index contributed by atoms with van der Waals surface area (Å²) in [5.41, 5.74) is 6.47. The van der Waals surface area contributed by atoms with Crippen LogP contribution in [0.5, 0.6) is 5.75 Å². The number of hydrogen-bond acceptors (Lipinski definition) is 3. The number of unbranched alkanes of at least 4 members (excludes halogenated alkanes) is 1. The molecular formula is C14H21ClN2O2. The maximum absolute atomic E-state index is 11.6. The van der Waals surface area contributed by atoms with Crippen molar-refractivity contribution in [1.29, 1.82) is 0 Å². The Bertz CT molecular complexity index is 410. The number of carbonyl (C=O) groups is 1. The zero-order valence-corrected chi connectivity index (χ0v) is 12.0. The van der Waals surface area contributed by atoms with Crippen LogP contribution in [0.3, 0.4) is 0 Å². The smallest absolute Gasteiger partial charge is 0.257 e. The van der Waals surface area contributed by atoms with E-state index in [9.17, 15) is 4.79 Å². The van der Waals surface area contributed by atoms with E-state index in [0.29, 0.717) is 30.3 Å². The molecule has 19 heavy (non-hydrogen) atoms. The van der Waals surface area contributed by atoms with E-state index in [1.807, 2.05) is 12.1 Å². The molecule has 3 N–H and O–H groups in total. The minimum absolute atomic E-state index is 0.0228. The van der Waals surface area contributed by atoms with E-state index >= 15 is 0 Å². The molecule has 0 aliphatic heterocycles. The fourth-order valence-electron chi connectivity index (χ4n) is 1.66. The highest BCUT2D eigenvalue weighted by atomic mass is 35.5. The maximum Gasteiger partial charge on any atom is 0.257 e. The maximum atomic E-state index is 11.6. The lowest BCUT2D eigenvalue weighted by Gasteiger charge is -2.12. The van der Waals surface area contributed by atoms with E-state index in [2.05, 4.69) is 12.2 Å². The Balaban J connectivity index is 2.54. The fourth-order valence-corrected chi connectivity index (χ4v) is 1.91. The fraction of sp³-hybridized carbons (Fsp3) is 0.500. The average Bonchev–Trinajstić information content (AvgIpc) is 2.39. The van der Waals surface area contributed by atoms with Crippen molar-refractivity contribution in [2.24, 2.45) is 5.73 Å². The van der Waals surface area contributed by atoms with Crippen LogP contribution in [0.15, 0.2) is 18.2 Å². The van der Waals surface area contributed by atoms with Crippen LogP contribution in [-0.4, -0.2) is 25.6 Å². The van der Waals surface area contributed by atoms with Crippen molar-refractivity contribution in [1.82, 2.24) is 5.32 Å². The lowest BCUT2D eigenvalue weighted by molar-refractivity contribution is -0.123. The molecule has 0 aliphatic carbocycles. The predicted molar refractivity (Wildman–Crippen MR) is 77.6 cm³/mol. The highest BCUT2D eigenvalue weighted by molar-refractivity contribution is 6.32. The minimum atomic E-state index is -0.132. The lowest BCUT2D eigenvalue weighted by atomic mass is 10.1. The summed E-state index contributed by atoms with van der Waals surface area (Å²) in [6.45, 7) is 3.24. The summed E-state index contributed by atoms with van der Waals surface area (Å²) in [4.78, 5) is 11.6. The van der Waals surface area contributed by atoms with Gasteiger partial charge in [0.05, 0.1) is 5.02 Å². The molecule has 1 aromatic rings. The Morgan fingerprint density at radius 1 is 1.47 bits per heavy atom. The minimum Gasteiger partial charge on any atom is -0.482 e. The van der Waals surface area contributed by atoms with Crippen molar-refractivity contribution in [2.45, 2.75) is 26.2 Å². The molecule has 1 aromatic carbocycles. The lowest BCUT2D eigenvalue weighted by Crippen LogP contribution is -2.29. The average molecular weight is 285 g/mol. The van der Waals surface area contributed by atoms with E-state index in [0.717, 1.165) is 18.4 Å². The summed E-state index contributed by atoms with van der Waals surface area (Å²) < 4.78 is 5.51. The van der Waals surface area contributed by atoms with Gasteiger partial charge in [-0.3, -0.25) is 4.79 Å². The first kappa shape index (κ1) is 15.8. The first-order valence-electron chi connectivity index (χ1n) is 6.56. The first-order chi connectivity index (χ1) is 9.19. The van der Waals surface area contributed by atoms with Gasteiger partial charge in [0.25, 0.3) is 5.91 Å². The van der Waals surface area contributed by atoms with E-state index < -0.39 is 0 Å². The molecule has 0 atom stereocenters. The molecule has 0 unspecified atom stereocenters. The molecule has 1 amide bonds. The summed E-state index contributed by atoms with van der Waals surface area (Å²) >= 11 is 6.08. The molecule has 0 heterocycles. The van der Waals surface area contributed by atoms with Gasteiger partial charge in [0.15, 0.2) is 6.61 Å². The Hall–Kier alpha value is -1.26. The third-order valence-electron chi connectivity index (χ3n) is 2.66. The second-order valence-electron chi connectivity index (χ2n) is 4.26. The summed E-state index contributed by atoms with van der Waals surface area (Å²) in [6, 6.07) is 5.50. The van der Waals surface area contributed by atoms with Crippen molar-refractivity contribution >= 4 is 17.5 Å². The molecule has 106 valence electrons. The normalized spacial score (nSPS) is 10.3. The predicted octanol–water partition coefficient (Wildman–Crippen LogP) is 2.14. The summed E-state index contributed by atoms with van der Waals surface area (Å²) in [5, 5.41) is 3.30. The number of rotatable bonds is 8. The second-order valence-corrected chi connectivity index (χ2v) is 4.67. The van der Waals surface area contributed by atoms with Crippen LogP contribution in [-0.2, 0) is 11.2 Å². The van der Waals surface area contributed by atoms with Crippen LogP contribution in [0.25, 0.3) is 0 Å². The number of nitrogens with two attached hydrogens (primary N) is 1. The van der Waals surface area contributed by atoms with Gasteiger partial charge in [-0.15, -0.1) is 0 Å². The molecular weight excluding hydrogens is 264 g/mol. The number of nitrogens with one attached hydrogen (secondary N) is 1. The van der Waals surface area contributed by atoms with Crippen LogP contribution < -0.4 is 15.8 Å². The Labute approximate surface area is 119 Å². The van der Waals surface area contributed by atoms with Crippen molar-refractivity contribution in [3.05, 3.63) is 28.8 Å². The Kier molecular flexibility index (Phi) is 7.30. The SMILES string of the molecule is CCCCNC(=O)COc1c(Cl)cccc1CCN. The van der Waals surface area contributed by atoms with Gasteiger partial charge >= 0.3 is 0 Å². The molecule has 0 radical (unpaired) electrons. The van der Waals surface area contributed by atoms with Gasteiger partial charge in [-0.05, 0) is 31.0 Å². The van der Waals surface area contributed by atoms with Gasteiger partial charge in [-0.25, -0.2) is 0 Å². The number of benzene rings is 1. The molecule has 0 fully saturated rings. The van der Waals surface area contributed by atoms with Crippen LogP contribution in [0.1, 0.15) is 25.3 Å². The number of carbonyl (C=O) groups excluding carboxylic acids is 1. The Morgan fingerprint density at radius 3 is 2.95 bits per heavy atom. The third kappa shape index (κ3) is 5.49. The zero-order valence-electron chi connectivity index (χ0n) is 11.2. The quantitative estimate of drug-likeness (QED) is 0.719. The summed E-state index contributed by atoms with van der Waals surface area (Å²) in [6.07, 6.45) is 2.69. The van der Waals surface area contributed by atoms with Crippen molar-refractivity contribution in [3.63, 3.8) is 0 Å². The van der Waals surface area contributed by atoms with Gasteiger partial charge in [0, 0.05) is 6.54 Å². The molecule has 0 aliphatic rings. The topological polar surface area (TPSA) is 64.3 Å². The van der Waals surface area contributed by atoms with Crippen LogP contribution in [0.2, 0.25) is 5.02 Å². The molecule has 0 spiro atoms. The largest absolute Gasteiger partial charge is 0.482 e. The van der Waals surface area contributed by atoms with Crippen molar-refractivity contribution in [3.8, 4) is 5.75 Å². The van der Waals surface area contributed by atoms with E-state index in [-0.39, 0.29) is 12.5 Å². The highest BCUT2D eigenvalue weighted by Gasteiger charge is 2.10. The number of hydrogen-bond donors (Lipinski definition) is 2. The zero-order chi connectivity index (χ0) is 14.1. The highest BCUT2D eigenvalue weighted by Crippen LogP contribution is 2.28. The monoisotopic (exact) mass is 284 g/mol. The summed E-state index contributed by atoms with van der Waals surface area (Å²) in [7, 11) is 0. The summed E-state index contributed by atoms with van der Waals surface area (Å²) in [5.74, 6) is 0.423. The standard InChI is InChI=1S/C14H21ClN2O2/c1-2-3-9-17-13(18)10-19-14-11(7-8-16)5-4-6-12(14)15/h4-6H,2-3,7-10,16H2,1H3,(H,17,18). The van der Waals surface area contributed by atoms with Crippen LogP contribution in [0.4, 0.5) is 0 Å². The second kappa shape index (κ2) is 8.77. The van der Waals surface area contributed by atoms with Crippen LogP contribution in [0, 0.1) is 0 Å². The van der Waals surface area contributed by atoms with Crippen molar-refractivity contribution < 1.29 is 9.53 Å². The first-order valence-corrected chi connectivity index (χ1v) is 6.93. The van der Waals surface area contributed by atoms with E-state index in [4.69, 9.17) is 22.1 Å². The number of para-hydroxylation sites is 1. The van der Waals surface area contributed by atoms with Crippen molar-refractivity contribution in [2.75, 3.05) is 19.7 Å². The molecule has 0 bridgehead atoms. The number of amides is 1. The van der Waals surface area contributed by atoms with Gasteiger partial charge in [0.2, 0.25) is 0 Å². The third-order valence-corrected chi connectivity index (χ3v) is 2.96. The molecule has 0 aromatic heterocycles. The van der Waals surface area contributed by atoms with Crippen LogP contribution >= 0.6 is 11.6 Å². The number of ether oxygens (including phenoxy) is 1.